The number of aromatic hydroxyl groups is 1. The number of nitrogens with zero attached hydrogens (tertiary/aromatic N) is 7. The third kappa shape index (κ3) is 26.0. The van der Waals surface area contributed by atoms with Gasteiger partial charge < -0.3 is 115 Å². The number of amides is 9. The zero-order valence-corrected chi connectivity index (χ0v) is 70.3. The van der Waals surface area contributed by atoms with E-state index in [0.29, 0.717) is 59.2 Å². The summed E-state index contributed by atoms with van der Waals surface area (Å²) in [6.07, 6.45) is 2.37. The summed E-state index contributed by atoms with van der Waals surface area (Å²) in [5, 5.41) is 73.4. The number of likely N-dealkylation sites (N-methyl/N-ethyl adjacent to an activating group) is 2. The average Bonchev–Trinajstić information content (AvgIpc) is 1.59. The molecule has 9 amide bonds. The van der Waals surface area contributed by atoms with E-state index in [1.54, 1.807) is 35.8 Å². The first-order valence-electron chi connectivity index (χ1n) is 40.9. The molecule has 0 saturated carbocycles. The number of cyclic esters (lactones) is 1. The number of phenolic OH excluding ortho intramolecular Hbond substituents is 1. The van der Waals surface area contributed by atoms with E-state index in [4.69, 9.17) is 49.1 Å². The molecule has 2 aromatic carbocycles. The third-order valence-corrected chi connectivity index (χ3v) is 21.4. The summed E-state index contributed by atoms with van der Waals surface area (Å²) in [4.78, 5) is 198. The smallest absolute Gasteiger partial charge is 0.415 e. The van der Waals surface area contributed by atoms with Gasteiger partial charge >= 0.3 is 24.1 Å². The number of unbranched alkanes of at least 4 members (excludes halogenated alkanes) is 1. The molecule has 42 nitrogen and oxygen atoms in total. The van der Waals surface area contributed by atoms with Crippen LogP contribution in [-0.2, 0) is 116 Å². The first kappa shape index (κ1) is 95.7. The summed E-state index contributed by atoms with van der Waals surface area (Å²) in [7, 11) is 4.15. The van der Waals surface area contributed by atoms with Crippen LogP contribution in [0, 0.1) is 17.9 Å². The largest absolute Gasteiger partial charge is 0.508 e. The first-order valence-corrected chi connectivity index (χ1v) is 40.9. The van der Waals surface area contributed by atoms with Crippen molar-refractivity contribution < 1.29 is 116 Å². The van der Waals surface area contributed by atoms with E-state index in [-0.39, 0.29) is 188 Å². The lowest BCUT2D eigenvalue weighted by atomic mass is 9.89. The number of aryl methyl sites for hydroxylation is 1. The van der Waals surface area contributed by atoms with Gasteiger partial charge in [0.2, 0.25) is 52.9 Å². The molecule has 42 heteroatoms. The number of fused-ring (bicyclic) bond motifs is 6. The lowest BCUT2D eigenvalue weighted by molar-refractivity contribution is -0.169. The van der Waals surface area contributed by atoms with Gasteiger partial charge in [0, 0.05) is 93.5 Å². The van der Waals surface area contributed by atoms with E-state index >= 15 is 0 Å². The molecule has 0 bridgehead atoms. The SMILES string of the molecule is CCc1c2c(nc3ccc(OC(=O)N(C)CCN(C)C(=O)OCc4c5c(n(CC(=O)NCCOCCOCCOC=NCC(CCC(O)CCCC(=O)NCCCCC6NC(=O)C(Cc7ccc(O)cc7)NC(=O)C(CC(=O)O)NC(=O)CNC(=O)C(CCCNC=N)NC6=O)N=N)c4C)C(=O)C=C(OC)C5=O)cc13)-c1cc3c(c(=O)n1C2)COC(=O)C3(C)O. The molecule has 3 aliphatic heterocycles. The average molecular weight is 1740 g/mol. The number of aliphatic hydroxyl groups is 2. The van der Waals surface area contributed by atoms with Crippen LogP contribution < -0.4 is 52.8 Å². The van der Waals surface area contributed by atoms with Gasteiger partial charge in [-0.2, -0.15) is 5.11 Å². The number of aliphatic hydroxyl groups excluding tert-OH is 1. The molecular formula is C83H107N17O25. The van der Waals surface area contributed by atoms with Crippen LogP contribution in [0.4, 0.5) is 9.59 Å². The van der Waals surface area contributed by atoms with Crippen molar-refractivity contribution in [3.05, 3.63) is 121 Å². The van der Waals surface area contributed by atoms with Gasteiger partial charge in [0.25, 0.3) is 5.56 Å². The number of Topliss-reactive ketones (excluding diaryl/α,β-unsaturated/α-hetero) is 1. The maximum absolute atomic E-state index is 14.1. The normalized spacial score (nSPS) is 18.1. The summed E-state index contributed by atoms with van der Waals surface area (Å²) in [6, 6.07) is 6.00. The minimum atomic E-state index is -2.02. The van der Waals surface area contributed by atoms with E-state index in [1.807, 2.05) is 6.92 Å². The molecular weight excluding hydrogens is 1640 g/mol. The fraction of sp³-hybridized carbons (Fsp3) is 0.506. The van der Waals surface area contributed by atoms with Crippen LogP contribution in [0.3, 0.4) is 0 Å². The molecule has 9 rings (SSSR count). The second-order valence-electron chi connectivity index (χ2n) is 30.4. The molecule has 1 fully saturated rings. The van der Waals surface area contributed by atoms with Crippen LogP contribution in [-0.4, -0.2) is 270 Å². The van der Waals surface area contributed by atoms with E-state index < -0.39 is 145 Å². The predicted octanol–water partition coefficient (Wildman–Crippen LogP) is 1.63. The molecule has 0 radical (unpaired) electrons. The Morgan fingerprint density at radius 3 is 2.18 bits per heavy atom. The van der Waals surface area contributed by atoms with E-state index in [1.165, 1.54) is 73.2 Å². The van der Waals surface area contributed by atoms with Gasteiger partial charge in [-0.05, 0) is 126 Å². The number of hydrogen-bond donors (Lipinski definition) is 14. The molecule has 7 unspecified atom stereocenters. The number of aromatic nitrogens is 3. The number of carbonyl (C=O) groups is 13. The minimum absolute atomic E-state index is 0.0115. The first-order chi connectivity index (χ1) is 59.8. The Morgan fingerprint density at radius 2 is 1.46 bits per heavy atom. The van der Waals surface area contributed by atoms with Crippen LogP contribution in [0.15, 0.2) is 75.3 Å². The van der Waals surface area contributed by atoms with Crippen LogP contribution in [0.5, 0.6) is 11.5 Å². The van der Waals surface area contributed by atoms with E-state index in [9.17, 15) is 87.5 Å². The molecule has 5 aromatic rings. The molecule has 674 valence electrons. The van der Waals surface area contributed by atoms with Crippen LogP contribution in [0.1, 0.15) is 144 Å². The zero-order valence-electron chi connectivity index (χ0n) is 70.3. The van der Waals surface area contributed by atoms with Crippen molar-refractivity contribution in [3.63, 3.8) is 0 Å². The fourth-order valence-electron chi connectivity index (χ4n) is 14.5. The van der Waals surface area contributed by atoms with Crippen molar-refractivity contribution in [2.75, 3.05) is 100 Å². The number of benzene rings is 2. The predicted molar refractivity (Wildman–Crippen MR) is 443 cm³/mol. The lowest BCUT2D eigenvalue weighted by Gasteiger charge is -2.29. The van der Waals surface area contributed by atoms with Gasteiger partial charge in [-0.15, -0.1) is 0 Å². The van der Waals surface area contributed by atoms with Crippen molar-refractivity contribution in [2.24, 2.45) is 10.1 Å². The summed E-state index contributed by atoms with van der Waals surface area (Å²) in [5.41, 5.74) is 9.46. The Hall–Kier alpha value is -13.1. The Kier molecular flexibility index (Phi) is 35.1. The summed E-state index contributed by atoms with van der Waals surface area (Å²) in [6.45, 7) is 4.41. The number of nitrogens with one attached hydrogen (secondary N) is 10. The van der Waals surface area contributed by atoms with Crippen LogP contribution in [0.25, 0.3) is 22.3 Å². The van der Waals surface area contributed by atoms with Gasteiger partial charge in [0.15, 0.2) is 17.8 Å². The summed E-state index contributed by atoms with van der Waals surface area (Å²) < 4.78 is 41.3. The number of ether oxygens (including phenoxy) is 7. The number of aliphatic carboxylic acids is 1. The van der Waals surface area contributed by atoms with E-state index in [2.05, 4.69) is 52.6 Å². The number of rotatable bonds is 44. The molecule has 4 aliphatic rings. The molecule has 7 atom stereocenters. The quantitative estimate of drug-likeness (QED) is 0.00850. The number of aliphatic imine (C=N–C) groups is 1. The lowest BCUT2D eigenvalue weighted by Crippen LogP contribution is -2.58. The number of carbonyl (C=O) groups excluding carboxylic acids is 12. The highest BCUT2D eigenvalue weighted by Crippen LogP contribution is 2.41. The number of carboxylic acid groups (broad SMARTS) is 1. The van der Waals surface area contributed by atoms with Crippen molar-refractivity contribution in [3.8, 4) is 22.9 Å². The number of allylic oxidation sites excluding steroid dienone is 2. The zero-order chi connectivity index (χ0) is 90.6. The number of methoxy groups -OCH3 is 1. The molecule has 125 heavy (non-hydrogen) atoms. The molecule has 0 spiro atoms. The second-order valence-corrected chi connectivity index (χ2v) is 30.4. The molecule has 3 aromatic heterocycles. The molecule has 1 saturated heterocycles. The van der Waals surface area contributed by atoms with Crippen molar-refractivity contribution in [1.29, 1.82) is 10.9 Å². The monoisotopic (exact) mass is 1740 g/mol. The molecule has 1 aliphatic carbocycles. The highest BCUT2D eigenvalue weighted by molar-refractivity contribution is 6.24. The maximum atomic E-state index is 14.1. The summed E-state index contributed by atoms with van der Waals surface area (Å²) >= 11 is 0. The minimum Gasteiger partial charge on any atom is -0.508 e. The van der Waals surface area contributed by atoms with E-state index in [0.717, 1.165) is 23.5 Å². The summed E-state index contributed by atoms with van der Waals surface area (Å²) in [5.74, 6) is -8.96. The van der Waals surface area contributed by atoms with Crippen molar-refractivity contribution >= 4 is 101 Å². The number of pyridine rings is 2. The number of ketones is 2. The standard InChI is InChI=1S/C83H107N17O25/c1-7-53-54-35-52(22-23-59(54)92-72-55(53)41-100-64(72)36-58-57(79(100)114)44-123-80(115)83(58,3)118)125-82(117)98(5)28-27-97(4)81(116)124-43-56-47(2)99(73-65(103)38-66(119-6)74(109)71(56)73)42-69(106)89-26-29-120-30-31-121-32-33-122-46-87-39-49(96-85)18-21-50(101)12-10-15-67(104)88-25-9-8-13-61-76(111)93-60(14-11-24-86-45-84)75(110)90-40-68(105)91-63(37-70(107)108)78(113)95-62(77(112)94-61)34-48-16-19-51(102)20-17-48/h16-17,19-20,22-23,35-36,38,45-46,49-50,60-63,85,101-102,118H,7-15,18,21,24-34,37,39-44H2,1-6H3,(H2,84,86)(H,88,104)(H,89,106)(H,90,110)(H,91,105)(H,93,111)(H,94,112)(H,95,113)(H,107,108). The topological polar surface area (TPSA) is 582 Å². The van der Waals surface area contributed by atoms with Crippen LogP contribution in [0.2, 0.25) is 0 Å². The van der Waals surface area contributed by atoms with Gasteiger partial charge in [0.05, 0.1) is 106 Å². The number of esters is 1. The van der Waals surface area contributed by atoms with Crippen molar-refractivity contribution in [2.45, 2.75) is 172 Å². The van der Waals surface area contributed by atoms with Crippen molar-refractivity contribution in [1.82, 2.24) is 66.5 Å². The number of carboxylic acids is 1. The van der Waals surface area contributed by atoms with Gasteiger partial charge in [-0.3, -0.25) is 63.1 Å². The Morgan fingerprint density at radius 1 is 0.784 bits per heavy atom. The number of phenols is 1. The van der Waals surface area contributed by atoms with Gasteiger partial charge in [0.1, 0.15) is 67.7 Å². The van der Waals surface area contributed by atoms with Gasteiger partial charge in [-0.1, -0.05) is 19.1 Å². The molecule has 14 N–H and O–H groups in total. The van der Waals surface area contributed by atoms with Crippen LogP contribution >= 0.6 is 0 Å². The Labute approximate surface area is 717 Å². The number of hydrogen-bond acceptors (Lipinski definition) is 29. The Balaban J connectivity index is 0.633. The third-order valence-electron chi connectivity index (χ3n) is 21.4. The maximum Gasteiger partial charge on any atom is 0.415 e. The fourth-order valence-corrected chi connectivity index (χ4v) is 14.5. The second kappa shape index (κ2) is 45.9. The highest BCUT2D eigenvalue weighted by atomic mass is 16.6. The van der Waals surface area contributed by atoms with Gasteiger partial charge in [-0.25, -0.2) is 24.9 Å². The Bertz CT molecular complexity index is 4970. The highest BCUT2D eigenvalue weighted by Gasteiger charge is 2.44. The molecule has 6 heterocycles.